The lowest BCUT2D eigenvalue weighted by atomic mass is 9.75. The predicted octanol–water partition coefficient (Wildman–Crippen LogP) is 2.81. The van der Waals surface area contributed by atoms with Gasteiger partial charge >= 0.3 is 0 Å². The normalized spacial score (nSPS) is 19.9. The molecule has 0 spiro atoms. The standard InChI is InChI=1S/C11H20BrNOS/c1-15-7-10(14)13-9-11(8-12)5-3-2-4-6-11/h2-9H2,1H3,(H,13,14). The molecular formula is C11H20BrNOS. The lowest BCUT2D eigenvalue weighted by Crippen LogP contribution is -2.40. The van der Waals surface area contributed by atoms with Crippen LogP contribution in [0.25, 0.3) is 0 Å². The zero-order valence-corrected chi connectivity index (χ0v) is 11.8. The quantitative estimate of drug-likeness (QED) is 0.790. The summed E-state index contributed by atoms with van der Waals surface area (Å²) in [6, 6.07) is 0. The molecule has 15 heavy (non-hydrogen) atoms. The highest BCUT2D eigenvalue weighted by atomic mass is 79.9. The van der Waals surface area contributed by atoms with E-state index in [2.05, 4.69) is 21.2 Å². The number of amides is 1. The summed E-state index contributed by atoms with van der Waals surface area (Å²) in [5.41, 5.74) is 0.326. The van der Waals surface area contributed by atoms with Gasteiger partial charge in [0.25, 0.3) is 0 Å². The molecule has 1 fully saturated rings. The largest absolute Gasteiger partial charge is 0.355 e. The Morgan fingerprint density at radius 1 is 1.40 bits per heavy atom. The summed E-state index contributed by atoms with van der Waals surface area (Å²) in [7, 11) is 0. The van der Waals surface area contributed by atoms with Gasteiger partial charge in [-0.3, -0.25) is 4.79 Å². The Bertz CT molecular complexity index is 205. The van der Waals surface area contributed by atoms with Gasteiger partial charge in [0.05, 0.1) is 5.75 Å². The Morgan fingerprint density at radius 3 is 2.60 bits per heavy atom. The number of nitrogens with one attached hydrogen (secondary N) is 1. The zero-order chi connectivity index (χ0) is 11.1. The first-order valence-electron chi connectivity index (χ1n) is 5.54. The minimum Gasteiger partial charge on any atom is -0.355 e. The number of thioether (sulfide) groups is 1. The van der Waals surface area contributed by atoms with Crippen molar-refractivity contribution in [2.24, 2.45) is 5.41 Å². The minimum absolute atomic E-state index is 0.174. The molecule has 0 radical (unpaired) electrons. The second-order valence-corrected chi connectivity index (χ2v) is 5.83. The van der Waals surface area contributed by atoms with E-state index in [1.54, 1.807) is 11.8 Å². The van der Waals surface area contributed by atoms with Gasteiger partial charge in [-0.1, -0.05) is 35.2 Å². The van der Waals surface area contributed by atoms with Crippen molar-refractivity contribution in [1.29, 1.82) is 0 Å². The number of hydrogen-bond donors (Lipinski definition) is 1. The second-order valence-electron chi connectivity index (χ2n) is 4.40. The maximum atomic E-state index is 11.4. The van der Waals surface area contributed by atoms with Gasteiger partial charge in [0.2, 0.25) is 5.91 Å². The van der Waals surface area contributed by atoms with Crippen LogP contribution in [0.5, 0.6) is 0 Å². The summed E-state index contributed by atoms with van der Waals surface area (Å²) in [4.78, 5) is 11.4. The van der Waals surface area contributed by atoms with Gasteiger partial charge in [0, 0.05) is 11.9 Å². The zero-order valence-electron chi connectivity index (χ0n) is 9.35. The molecule has 0 aromatic carbocycles. The first-order valence-corrected chi connectivity index (χ1v) is 8.05. The van der Waals surface area contributed by atoms with Gasteiger partial charge in [-0.2, -0.15) is 11.8 Å². The first kappa shape index (κ1) is 13.4. The summed E-state index contributed by atoms with van der Waals surface area (Å²) in [6.07, 6.45) is 8.43. The van der Waals surface area contributed by atoms with Crippen molar-refractivity contribution in [1.82, 2.24) is 5.32 Å². The van der Waals surface area contributed by atoms with E-state index in [9.17, 15) is 4.79 Å². The highest BCUT2D eigenvalue weighted by Crippen LogP contribution is 2.37. The highest BCUT2D eigenvalue weighted by molar-refractivity contribution is 9.09. The third-order valence-electron chi connectivity index (χ3n) is 3.13. The summed E-state index contributed by atoms with van der Waals surface area (Å²) in [5.74, 6) is 0.756. The first-order chi connectivity index (χ1) is 7.22. The van der Waals surface area contributed by atoms with E-state index in [1.807, 2.05) is 6.26 Å². The molecule has 0 unspecified atom stereocenters. The van der Waals surface area contributed by atoms with Crippen LogP contribution in [0.15, 0.2) is 0 Å². The number of carbonyl (C=O) groups excluding carboxylic acids is 1. The molecule has 1 aliphatic carbocycles. The number of hydrogen-bond acceptors (Lipinski definition) is 2. The van der Waals surface area contributed by atoms with Gasteiger partial charge in [-0.05, 0) is 24.5 Å². The molecule has 1 amide bonds. The van der Waals surface area contributed by atoms with E-state index in [1.165, 1.54) is 32.1 Å². The molecule has 1 aliphatic rings. The Morgan fingerprint density at radius 2 is 2.07 bits per heavy atom. The fraction of sp³-hybridized carbons (Fsp3) is 0.909. The van der Waals surface area contributed by atoms with Crippen LogP contribution in [-0.4, -0.2) is 29.8 Å². The fourth-order valence-corrected chi connectivity index (χ4v) is 3.25. The van der Waals surface area contributed by atoms with Gasteiger partial charge < -0.3 is 5.32 Å². The Labute approximate surface area is 105 Å². The topological polar surface area (TPSA) is 29.1 Å². The molecule has 0 aromatic heterocycles. The van der Waals surface area contributed by atoms with Crippen molar-refractivity contribution >= 4 is 33.6 Å². The lowest BCUT2D eigenvalue weighted by Gasteiger charge is -2.35. The van der Waals surface area contributed by atoms with Gasteiger partial charge in [0.1, 0.15) is 0 Å². The molecule has 1 rings (SSSR count). The van der Waals surface area contributed by atoms with E-state index in [0.717, 1.165) is 11.9 Å². The Kier molecular flexibility index (Phi) is 6.05. The molecule has 0 aromatic rings. The third-order valence-corrected chi connectivity index (χ3v) is 4.87. The molecule has 0 bridgehead atoms. The van der Waals surface area contributed by atoms with Crippen molar-refractivity contribution < 1.29 is 4.79 Å². The van der Waals surface area contributed by atoms with Crippen molar-refractivity contribution in [2.75, 3.05) is 23.9 Å². The predicted molar refractivity (Wildman–Crippen MR) is 70.7 cm³/mol. The highest BCUT2D eigenvalue weighted by Gasteiger charge is 2.31. The van der Waals surface area contributed by atoms with Crippen LogP contribution < -0.4 is 5.32 Å². The van der Waals surface area contributed by atoms with Crippen LogP contribution in [0, 0.1) is 5.41 Å². The smallest absolute Gasteiger partial charge is 0.230 e. The Hall–Kier alpha value is 0.300. The number of alkyl halides is 1. The lowest BCUT2D eigenvalue weighted by molar-refractivity contribution is -0.119. The Balaban J connectivity index is 2.35. The number of carbonyl (C=O) groups is 1. The van der Waals surface area contributed by atoms with Crippen molar-refractivity contribution in [3.63, 3.8) is 0 Å². The van der Waals surface area contributed by atoms with Crippen LogP contribution in [0.1, 0.15) is 32.1 Å². The third kappa shape index (κ3) is 4.35. The number of halogens is 1. The number of rotatable bonds is 5. The average Bonchev–Trinajstić information content (AvgIpc) is 2.28. The van der Waals surface area contributed by atoms with Crippen LogP contribution in [0.3, 0.4) is 0 Å². The van der Waals surface area contributed by atoms with Gasteiger partial charge in [-0.25, -0.2) is 0 Å². The monoisotopic (exact) mass is 293 g/mol. The van der Waals surface area contributed by atoms with Gasteiger partial charge in [-0.15, -0.1) is 0 Å². The summed E-state index contributed by atoms with van der Waals surface area (Å²) >= 11 is 5.18. The molecule has 0 aliphatic heterocycles. The van der Waals surface area contributed by atoms with Crippen LogP contribution in [-0.2, 0) is 4.79 Å². The van der Waals surface area contributed by atoms with E-state index < -0.39 is 0 Å². The molecular weight excluding hydrogens is 274 g/mol. The van der Waals surface area contributed by atoms with Crippen LogP contribution in [0.2, 0.25) is 0 Å². The maximum absolute atomic E-state index is 11.4. The molecule has 2 nitrogen and oxygen atoms in total. The molecule has 88 valence electrons. The summed E-state index contributed by atoms with van der Waals surface area (Å²) < 4.78 is 0. The van der Waals surface area contributed by atoms with E-state index in [-0.39, 0.29) is 5.91 Å². The van der Waals surface area contributed by atoms with Crippen molar-refractivity contribution in [3.8, 4) is 0 Å². The molecule has 0 heterocycles. The summed E-state index contributed by atoms with van der Waals surface area (Å²) in [5, 5.41) is 4.07. The van der Waals surface area contributed by atoms with Crippen LogP contribution >= 0.6 is 27.7 Å². The molecule has 0 saturated heterocycles. The molecule has 1 N–H and O–H groups in total. The minimum atomic E-state index is 0.174. The van der Waals surface area contributed by atoms with E-state index >= 15 is 0 Å². The fourth-order valence-electron chi connectivity index (χ4n) is 2.13. The molecule has 0 atom stereocenters. The van der Waals surface area contributed by atoms with Gasteiger partial charge in [0.15, 0.2) is 0 Å². The van der Waals surface area contributed by atoms with E-state index in [4.69, 9.17) is 0 Å². The van der Waals surface area contributed by atoms with E-state index in [0.29, 0.717) is 11.2 Å². The SMILES string of the molecule is CSCC(=O)NCC1(CBr)CCCCC1. The second kappa shape index (κ2) is 6.79. The van der Waals surface area contributed by atoms with Crippen molar-refractivity contribution in [3.05, 3.63) is 0 Å². The van der Waals surface area contributed by atoms with Crippen LogP contribution in [0.4, 0.5) is 0 Å². The average molecular weight is 294 g/mol. The molecule has 4 heteroatoms. The van der Waals surface area contributed by atoms with Crippen molar-refractivity contribution in [2.45, 2.75) is 32.1 Å². The molecule has 1 saturated carbocycles. The summed E-state index contributed by atoms with van der Waals surface area (Å²) in [6.45, 7) is 0.845. The maximum Gasteiger partial charge on any atom is 0.230 e.